The molecule has 4 rings (SSSR count). The van der Waals surface area contributed by atoms with Crippen molar-refractivity contribution in [2.75, 3.05) is 45.7 Å². The molecule has 0 bridgehead atoms. The molecule has 1 N–H and O–H groups in total. The Kier molecular flexibility index (Phi) is 5.88. The summed E-state index contributed by atoms with van der Waals surface area (Å²) in [6.07, 6.45) is 0. The Morgan fingerprint density at radius 2 is 1.84 bits per heavy atom. The summed E-state index contributed by atoms with van der Waals surface area (Å²) in [5.41, 5.74) is 1.73. The zero-order chi connectivity index (χ0) is 22.0. The summed E-state index contributed by atoms with van der Waals surface area (Å²) in [6.45, 7) is 3.95. The highest BCUT2D eigenvalue weighted by Crippen LogP contribution is 2.37. The van der Waals surface area contributed by atoms with Gasteiger partial charge in [0.2, 0.25) is 26.6 Å². The van der Waals surface area contributed by atoms with E-state index in [1.54, 1.807) is 6.07 Å². The molecule has 3 aromatic rings. The Bertz CT molecular complexity index is 1190. The zero-order valence-electron chi connectivity index (χ0n) is 17.7. The van der Waals surface area contributed by atoms with Crippen LogP contribution in [0.4, 0.5) is 5.88 Å². The van der Waals surface area contributed by atoms with Crippen LogP contribution in [0.3, 0.4) is 0 Å². The van der Waals surface area contributed by atoms with Gasteiger partial charge in [0.25, 0.3) is 0 Å². The molecule has 164 valence electrons. The fourth-order valence-electron chi connectivity index (χ4n) is 3.20. The summed E-state index contributed by atoms with van der Waals surface area (Å²) in [7, 11) is -0.0924. The molecule has 0 atom stereocenters. The lowest BCUT2D eigenvalue weighted by atomic mass is 10.1. The number of oxazole rings is 1. The smallest absolute Gasteiger partial charge is 0.233 e. The van der Waals surface area contributed by atoms with Gasteiger partial charge in [-0.3, -0.25) is 0 Å². The Morgan fingerprint density at radius 1 is 1.06 bits per heavy atom. The molecule has 2 heterocycles. The second-order valence-corrected chi connectivity index (χ2v) is 9.43. The second kappa shape index (κ2) is 8.60. The van der Waals surface area contributed by atoms with Gasteiger partial charge in [-0.1, -0.05) is 17.7 Å². The van der Waals surface area contributed by atoms with Crippen molar-refractivity contribution in [3.8, 4) is 23.0 Å². The van der Waals surface area contributed by atoms with Gasteiger partial charge in [-0.2, -0.15) is 4.98 Å². The number of aryl methyl sites for hydroxylation is 1. The number of aromatic nitrogens is 1. The van der Waals surface area contributed by atoms with Crippen LogP contribution >= 0.6 is 0 Å². The van der Waals surface area contributed by atoms with Gasteiger partial charge in [-0.15, -0.1) is 0 Å². The van der Waals surface area contributed by atoms with Crippen LogP contribution in [-0.2, 0) is 9.84 Å². The first-order valence-electron chi connectivity index (χ1n) is 9.96. The molecular formula is C22H25N3O5S. The summed E-state index contributed by atoms with van der Waals surface area (Å²) in [6, 6.07) is 12.1. The predicted octanol–water partition coefficient (Wildman–Crippen LogP) is 3.23. The van der Waals surface area contributed by atoms with E-state index < -0.39 is 9.84 Å². The maximum atomic E-state index is 13.5. The highest BCUT2D eigenvalue weighted by Gasteiger charge is 2.30. The third-order valence-corrected chi connectivity index (χ3v) is 6.44. The maximum Gasteiger partial charge on any atom is 0.233 e. The number of nitrogens with zero attached hydrogens (tertiary/aromatic N) is 2. The van der Waals surface area contributed by atoms with E-state index in [2.05, 4.69) is 10.3 Å². The molecule has 2 aromatic carbocycles. The zero-order valence-corrected chi connectivity index (χ0v) is 18.5. The fourth-order valence-corrected chi connectivity index (χ4v) is 4.49. The van der Waals surface area contributed by atoms with Gasteiger partial charge in [-0.05, 0) is 45.3 Å². The van der Waals surface area contributed by atoms with Crippen LogP contribution in [0.1, 0.15) is 5.56 Å². The molecule has 8 nitrogen and oxygen atoms in total. The first-order valence-corrected chi connectivity index (χ1v) is 11.4. The normalized spacial score (nSPS) is 13.4. The van der Waals surface area contributed by atoms with Gasteiger partial charge in [0.1, 0.15) is 13.2 Å². The molecule has 0 amide bonds. The van der Waals surface area contributed by atoms with Crippen LogP contribution < -0.4 is 14.8 Å². The Labute approximate surface area is 181 Å². The molecule has 0 radical (unpaired) electrons. The molecule has 1 aliphatic heterocycles. The molecular weight excluding hydrogens is 418 g/mol. The number of hydrogen-bond acceptors (Lipinski definition) is 8. The van der Waals surface area contributed by atoms with E-state index in [0.29, 0.717) is 43.4 Å². The molecule has 0 unspecified atom stereocenters. The lowest BCUT2D eigenvalue weighted by molar-refractivity contribution is 0.171. The van der Waals surface area contributed by atoms with E-state index in [1.165, 1.54) is 12.1 Å². The fraction of sp³-hybridized carbons (Fsp3) is 0.318. The quantitative estimate of drug-likeness (QED) is 0.595. The molecule has 0 saturated carbocycles. The molecule has 1 aliphatic rings. The highest BCUT2D eigenvalue weighted by atomic mass is 32.2. The predicted molar refractivity (Wildman–Crippen MR) is 117 cm³/mol. The summed E-state index contributed by atoms with van der Waals surface area (Å²) in [5, 5.41) is 2.93. The third kappa shape index (κ3) is 4.52. The van der Waals surface area contributed by atoms with Crippen molar-refractivity contribution in [2.45, 2.75) is 16.8 Å². The number of benzene rings is 2. The van der Waals surface area contributed by atoms with E-state index in [0.717, 1.165) is 5.56 Å². The monoisotopic (exact) mass is 443 g/mol. The van der Waals surface area contributed by atoms with E-state index in [-0.39, 0.29) is 21.7 Å². The lowest BCUT2D eigenvalue weighted by Crippen LogP contribution is -2.21. The van der Waals surface area contributed by atoms with Crippen molar-refractivity contribution in [3.63, 3.8) is 0 Å². The van der Waals surface area contributed by atoms with E-state index in [1.807, 2.05) is 50.2 Å². The van der Waals surface area contributed by atoms with Crippen LogP contribution in [0, 0.1) is 6.92 Å². The largest absolute Gasteiger partial charge is 0.486 e. The second-order valence-electron chi connectivity index (χ2n) is 7.56. The van der Waals surface area contributed by atoms with Gasteiger partial charge < -0.3 is 24.1 Å². The van der Waals surface area contributed by atoms with Crippen molar-refractivity contribution in [2.24, 2.45) is 0 Å². The molecule has 31 heavy (non-hydrogen) atoms. The van der Waals surface area contributed by atoms with Crippen LogP contribution in [-0.4, -0.2) is 58.7 Å². The number of ether oxygens (including phenoxy) is 2. The minimum atomic E-state index is -3.97. The van der Waals surface area contributed by atoms with Crippen molar-refractivity contribution in [1.82, 2.24) is 9.88 Å². The van der Waals surface area contributed by atoms with Crippen molar-refractivity contribution < 1.29 is 22.3 Å². The van der Waals surface area contributed by atoms with Crippen LogP contribution in [0.25, 0.3) is 11.5 Å². The molecule has 9 heteroatoms. The SMILES string of the molecule is Cc1cccc(-c2nc(S(=O)(=O)c3ccc4c(c3)OCCO4)c(NCCN(C)C)o2)c1. The van der Waals surface area contributed by atoms with Crippen LogP contribution in [0.5, 0.6) is 11.5 Å². The van der Waals surface area contributed by atoms with Gasteiger partial charge in [-0.25, -0.2) is 8.42 Å². The van der Waals surface area contributed by atoms with Crippen molar-refractivity contribution in [3.05, 3.63) is 48.0 Å². The lowest BCUT2D eigenvalue weighted by Gasteiger charge is -2.18. The summed E-state index contributed by atoms with van der Waals surface area (Å²) in [4.78, 5) is 6.43. The van der Waals surface area contributed by atoms with Crippen molar-refractivity contribution >= 4 is 15.7 Å². The third-order valence-electron chi connectivity index (χ3n) is 4.78. The first-order chi connectivity index (χ1) is 14.8. The first kappa shape index (κ1) is 21.2. The average Bonchev–Trinajstić information content (AvgIpc) is 3.18. The summed E-state index contributed by atoms with van der Waals surface area (Å²) >= 11 is 0. The van der Waals surface area contributed by atoms with E-state index in [4.69, 9.17) is 13.9 Å². The van der Waals surface area contributed by atoms with E-state index in [9.17, 15) is 8.42 Å². The Hall–Kier alpha value is -3.04. The minimum absolute atomic E-state index is 0.0662. The number of likely N-dealkylation sites (N-methyl/N-ethyl adjacent to an activating group) is 1. The van der Waals surface area contributed by atoms with E-state index >= 15 is 0 Å². The topological polar surface area (TPSA) is 93.9 Å². The van der Waals surface area contributed by atoms with Gasteiger partial charge in [0, 0.05) is 24.7 Å². The molecule has 0 saturated heterocycles. The summed E-state index contributed by atoms with van der Waals surface area (Å²) < 4.78 is 43.9. The summed E-state index contributed by atoms with van der Waals surface area (Å²) in [5.74, 6) is 1.28. The Morgan fingerprint density at radius 3 is 2.58 bits per heavy atom. The number of fused-ring (bicyclic) bond motifs is 1. The molecule has 1 aromatic heterocycles. The number of rotatable bonds is 7. The average molecular weight is 444 g/mol. The van der Waals surface area contributed by atoms with Crippen LogP contribution in [0.15, 0.2) is 56.8 Å². The van der Waals surface area contributed by atoms with Gasteiger partial charge >= 0.3 is 0 Å². The van der Waals surface area contributed by atoms with Crippen LogP contribution in [0.2, 0.25) is 0 Å². The Balaban J connectivity index is 1.75. The van der Waals surface area contributed by atoms with Gasteiger partial charge in [0.15, 0.2) is 11.5 Å². The highest BCUT2D eigenvalue weighted by molar-refractivity contribution is 7.91. The maximum absolute atomic E-state index is 13.5. The molecule has 0 aliphatic carbocycles. The number of anilines is 1. The van der Waals surface area contributed by atoms with Crippen molar-refractivity contribution in [1.29, 1.82) is 0 Å². The number of hydrogen-bond donors (Lipinski definition) is 1. The molecule has 0 fully saturated rings. The standard InChI is InChI=1S/C22H25N3O5S/c1-15-5-4-6-16(13-15)20-24-22(21(30-20)23-9-10-25(2)3)31(26,27)17-7-8-18-19(14-17)29-12-11-28-18/h4-8,13-14,23H,9-12H2,1-3H3. The minimum Gasteiger partial charge on any atom is -0.486 e. The number of sulfone groups is 1. The number of nitrogens with one attached hydrogen (secondary N) is 1. The van der Waals surface area contributed by atoms with Gasteiger partial charge in [0.05, 0.1) is 4.90 Å². The molecule has 0 spiro atoms.